The molecule has 4 atom stereocenters. The molecule has 2 N–H and O–H groups in total. The molecule has 0 spiro atoms. The standard InChI is InChI=1S/C20H28N2O4/c1-12(2)18(24)16(23)11-13(3)19(25)21-17-15-8-6-5-7-14(15)9-10-22(4)20(17)26/h5-8,12-13,17-18,24H,9-11H2,1-4H3,(H,21,25)/t13-,17+,18+/m1/s1/i1D3,5D,6D,7D,8D,12D,13D,17D,18D/t12?,13-,17+,18+. The summed E-state index contributed by atoms with van der Waals surface area (Å²) in [5, 5.41) is 12.3. The minimum atomic E-state index is -3.55. The minimum Gasteiger partial charge on any atom is -0.385 e. The molecule has 6 heteroatoms. The highest BCUT2D eigenvalue weighted by molar-refractivity contribution is 5.92. The van der Waals surface area contributed by atoms with Gasteiger partial charge in [-0.3, -0.25) is 14.4 Å². The molecule has 1 aromatic carbocycles. The molecule has 1 aliphatic heterocycles. The monoisotopic (exact) mass is 371 g/mol. The van der Waals surface area contributed by atoms with Crippen LogP contribution in [0.3, 0.4) is 0 Å². The fraction of sp³-hybridized carbons (Fsp3) is 0.550. The highest BCUT2D eigenvalue weighted by atomic mass is 16.3. The molecule has 1 aliphatic rings. The number of hydrogen-bond donors (Lipinski definition) is 2. The van der Waals surface area contributed by atoms with E-state index in [0.717, 1.165) is 11.8 Å². The Bertz CT molecular complexity index is 1150. The van der Waals surface area contributed by atoms with E-state index >= 15 is 0 Å². The highest BCUT2D eigenvalue weighted by Gasteiger charge is 2.32. The Morgan fingerprint density at radius 1 is 1.50 bits per heavy atom. The first-order chi connectivity index (χ1) is 16.4. The molecule has 0 radical (unpaired) electrons. The molecule has 0 aliphatic carbocycles. The molecule has 0 aromatic heterocycles. The van der Waals surface area contributed by atoms with E-state index < -0.39 is 84.5 Å². The maximum atomic E-state index is 13.2. The average Bonchev–Trinajstić information content (AvgIpc) is 2.85. The van der Waals surface area contributed by atoms with E-state index in [1.54, 1.807) is 0 Å². The fourth-order valence-corrected chi connectivity index (χ4v) is 2.37. The van der Waals surface area contributed by atoms with E-state index in [4.69, 9.17) is 15.1 Å². The number of ketones is 1. The van der Waals surface area contributed by atoms with Gasteiger partial charge in [-0.1, -0.05) is 44.9 Å². The number of benzene rings is 1. The van der Waals surface area contributed by atoms with Gasteiger partial charge < -0.3 is 15.3 Å². The summed E-state index contributed by atoms with van der Waals surface area (Å²) in [6, 6.07) is -5.45. The molecule has 0 bridgehead atoms. The first kappa shape index (κ1) is 9.65. The Kier molecular flexibility index (Phi) is 3.13. The molecule has 1 unspecified atom stereocenters. The number of rotatable bonds is 6. The predicted molar refractivity (Wildman–Crippen MR) is 98.3 cm³/mol. The van der Waals surface area contributed by atoms with Gasteiger partial charge in [-0.2, -0.15) is 0 Å². The zero-order valence-electron chi connectivity index (χ0n) is 25.7. The molecule has 142 valence electrons. The second-order valence-corrected chi connectivity index (χ2v) is 6.01. The van der Waals surface area contributed by atoms with E-state index in [1.807, 2.05) is 5.32 Å². The maximum absolute atomic E-state index is 13.2. The molecule has 0 saturated carbocycles. The lowest BCUT2D eigenvalue weighted by Crippen LogP contribution is -2.43. The van der Waals surface area contributed by atoms with Crippen LogP contribution >= 0.6 is 0 Å². The lowest BCUT2D eigenvalue weighted by molar-refractivity contribution is -0.137. The summed E-state index contributed by atoms with van der Waals surface area (Å²) in [6.45, 7) is -1.85. The maximum Gasteiger partial charge on any atom is 0.249 e. The van der Waals surface area contributed by atoms with Gasteiger partial charge in [0.1, 0.15) is 12.1 Å². The van der Waals surface area contributed by atoms with Crippen LogP contribution in [-0.4, -0.2) is 47.3 Å². The van der Waals surface area contributed by atoms with Crippen molar-refractivity contribution in [2.24, 2.45) is 11.8 Å². The van der Waals surface area contributed by atoms with E-state index in [1.165, 1.54) is 7.05 Å². The Labute approximate surface area is 170 Å². The topological polar surface area (TPSA) is 86.7 Å². The number of hydrogen-bond acceptors (Lipinski definition) is 4. The fourth-order valence-electron chi connectivity index (χ4n) is 2.37. The molecule has 0 saturated heterocycles. The average molecular weight is 372 g/mol. The van der Waals surface area contributed by atoms with Crippen LogP contribution in [0.4, 0.5) is 0 Å². The van der Waals surface area contributed by atoms with Crippen molar-refractivity contribution in [1.82, 2.24) is 10.2 Å². The van der Waals surface area contributed by atoms with Crippen molar-refractivity contribution >= 4 is 17.6 Å². The molecular formula is C20H28N2O4. The van der Waals surface area contributed by atoms with E-state index in [-0.39, 0.29) is 18.5 Å². The second-order valence-electron chi connectivity index (χ2n) is 6.01. The SMILES string of the molecule is [2H]c1c([2H])c([2H])c2c(c1[2H])CCN(C)C(=O)[C@@]2([2H])NC(=O)[C@]([2H])(C)CC(=O)[C@@]([2H])(O)C([2H])(C)C([2H])([2H])[2H]. The van der Waals surface area contributed by atoms with Gasteiger partial charge in [0.05, 0.1) is 8.22 Å². The zero-order chi connectivity index (χ0) is 29.1. The van der Waals surface area contributed by atoms with Gasteiger partial charge in [-0.25, -0.2) is 0 Å². The highest BCUT2D eigenvalue weighted by Crippen LogP contribution is 2.25. The number of amides is 2. The number of carbonyl (C=O) groups is 3. The molecule has 0 fully saturated rings. The van der Waals surface area contributed by atoms with Crippen LogP contribution in [0.1, 0.15) is 59.3 Å². The molecule has 1 heterocycles. The van der Waals surface area contributed by atoms with E-state index in [2.05, 4.69) is 0 Å². The number of Topliss-reactive ketones (excluding diaryl/α,β-unsaturated/α-hetero) is 1. The molecule has 1 aromatic rings. The van der Waals surface area contributed by atoms with Crippen molar-refractivity contribution in [3.63, 3.8) is 0 Å². The lowest BCUT2D eigenvalue weighted by atomic mass is 9.94. The summed E-state index contributed by atoms with van der Waals surface area (Å²) >= 11 is 0. The Hall–Kier alpha value is -2.21. The Balaban J connectivity index is 2.54. The molecule has 26 heavy (non-hydrogen) atoms. The van der Waals surface area contributed by atoms with Gasteiger partial charge in [-0.05, 0) is 23.4 Å². The number of nitrogens with zero attached hydrogens (tertiary/aromatic N) is 1. The summed E-state index contributed by atoms with van der Waals surface area (Å²) in [5.74, 6) is -9.79. The Morgan fingerprint density at radius 3 is 2.88 bits per heavy atom. The van der Waals surface area contributed by atoms with Crippen LogP contribution in [0, 0.1) is 11.8 Å². The number of aliphatic hydroxyl groups is 1. The van der Waals surface area contributed by atoms with Crippen LogP contribution in [0.5, 0.6) is 0 Å². The van der Waals surface area contributed by atoms with Crippen molar-refractivity contribution in [1.29, 1.82) is 0 Å². The number of carbonyl (C=O) groups excluding carboxylic acids is 3. The van der Waals surface area contributed by atoms with E-state index in [0.29, 0.717) is 6.92 Å². The third kappa shape index (κ3) is 4.49. The summed E-state index contributed by atoms with van der Waals surface area (Å²) in [7, 11) is 1.29. The van der Waals surface area contributed by atoms with Gasteiger partial charge in [0.15, 0.2) is 5.78 Å². The van der Waals surface area contributed by atoms with Gasteiger partial charge in [0.2, 0.25) is 11.8 Å². The van der Waals surface area contributed by atoms with Crippen LogP contribution in [0.15, 0.2) is 24.2 Å². The summed E-state index contributed by atoms with van der Waals surface area (Å²) < 4.78 is 87.3. The van der Waals surface area contributed by atoms with Crippen molar-refractivity contribution < 1.29 is 34.6 Å². The zero-order valence-corrected chi connectivity index (χ0v) is 14.7. The number of fused-ring (bicyclic) bond motifs is 1. The molecule has 2 rings (SSSR count). The number of likely N-dealkylation sites (N-methyl/N-ethyl adjacent to an activating group) is 1. The van der Waals surface area contributed by atoms with Crippen LogP contribution < -0.4 is 5.32 Å². The van der Waals surface area contributed by atoms with Crippen LogP contribution in [0.2, 0.25) is 0 Å². The Morgan fingerprint density at radius 2 is 2.19 bits per heavy atom. The van der Waals surface area contributed by atoms with Gasteiger partial charge >= 0.3 is 0 Å². The predicted octanol–water partition coefficient (Wildman–Crippen LogP) is 1.47. The lowest BCUT2D eigenvalue weighted by Gasteiger charge is -2.24. The van der Waals surface area contributed by atoms with Crippen LogP contribution in [0.25, 0.3) is 0 Å². The number of nitrogens with one attached hydrogen (secondary N) is 1. The molecular weight excluding hydrogens is 332 g/mol. The van der Waals surface area contributed by atoms with Gasteiger partial charge in [-0.15, -0.1) is 0 Å². The normalized spacial score (nSPS) is 33.6. The second kappa shape index (κ2) is 8.45. The molecule has 2 amide bonds. The smallest absolute Gasteiger partial charge is 0.249 e. The summed E-state index contributed by atoms with van der Waals surface area (Å²) in [5.41, 5.74) is -0.619. The molecule has 6 nitrogen and oxygen atoms in total. The van der Waals surface area contributed by atoms with Crippen molar-refractivity contribution in [2.75, 3.05) is 13.6 Å². The third-order valence-electron chi connectivity index (χ3n) is 3.94. The van der Waals surface area contributed by atoms with E-state index in [9.17, 15) is 19.5 Å². The first-order valence-electron chi connectivity index (χ1n) is 13.4. The minimum absolute atomic E-state index is 0.0514. The van der Waals surface area contributed by atoms with Gasteiger partial charge in [0, 0.05) is 32.8 Å². The van der Waals surface area contributed by atoms with Gasteiger partial charge in [0.25, 0.3) is 0 Å². The summed E-state index contributed by atoms with van der Waals surface area (Å²) in [6.07, 6.45) is -4.89. The van der Waals surface area contributed by atoms with Crippen molar-refractivity contribution in [3.8, 4) is 0 Å². The summed E-state index contributed by atoms with van der Waals surface area (Å²) in [4.78, 5) is 40.0. The third-order valence-corrected chi connectivity index (χ3v) is 3.94. The van der Waals surface area contributed by atoms with Crippen LogP contribution in [-0.2, 0) is 20.8 Å². The van der Waals surface area contributed by atoms with Crippen molar-refractivity contribution in [2.45, 2.75) is 45.6 Å². The van der Waals surface area contributed by atoms with Crippen molar-refractivity contribution in [3.05, 3.63) is 35.3 Å². The first-order valence-corrected chi connectivity index (χ1v) is 7.88. The largest absolute Gasteiger partial charge is 0.385 e. The quantitative estimate of drug-likeness (QED) is 0.793.